The van der Waals surface area contributed by atoms with E-state index < -0.39 is 16.2 Å². The molecule has 4 aromatic rings. The maximum Gasteiger partial charge on any atom is 0.508 e. The van der Waals surface area contributed by atoms with E-state index in [1.165, 1.54) is 11.4 Å². The van der Waals surface area contributed by atoms with E-state index in [1.54, 1.807) is 36.4 Å². The third-order valence-electron chi connectivity index (χ3n) is 6.42. The van der Waals surface area contributed by atoms with Gasteiger partial charge in [-0.05, 0) is 54.0 Å². The number of rotatable bonds is 10. The first kappa shape index (κ1) is 27.9. The largest absolute Gasteiger partial charge is 0.508 e. The lowest BCUT2D eigenvalue weighted by atomic mass is 9.94. The Labute approximate surface area is 229 Å². The van der Waals surface area contributed by atoms with Gasteiger partial charge >= 0.3 is 6.16 Å². The number of aryl methyl sites for hydroxylation is 1. The third-order valence-corrected chi connectivity index (χ3v) is 8.30. The summed E-state index contributed by atoms with van der Waals surface area (Å²) in [4.78, 5) is 11.4. The fourth-order valence-electron chi connectivity index (χ4n) is 4.34. The van der Waals surface area contributed by atoms with Gasteiger partial charge in [-0.3, -0.25) is 0 Å². The number of nitrogens with zero attached hydrogens (tertiary/aromatic N) is 1. The number of methoxy groups -OCH3 is 1. The van der Waals surface area contributed by atoms with E-state index >= 15 is 0 Å². The topological polar surface area (TPSA) is 93.1 Å². The lowest BCUT2D eigenvalue weighted by molar-refractivity contribution is 0.0817. The van der Waals surface area contributed by atoms with Crippen molar-refractivity contribution in [3.8, 4) is 16.9 Å². The normalized spacial score (nSPS) is 11.8. The zero-order valence-corrected chi connectivity index (χ0v) is 22.7. The Morgan fingerprint density at radius 2 is 1.64 bits per heavy atom. The van der Waals surface area contributed by atoms with Crippen LogP contribution in [-0.2, 0) is 25.9 Å². The molecule has 4 aromatic carbocycles. The van der Waals surface area contributed by atoms with E-state index in [2.05, 4.69) is 4.74 Å². The number of ether oxygens (including phenoxy) is 2. The first-order valence-corrected chi connectivity index (χ1v) is 14.0. The van der Waals surface area contributed by atoms with Gasteiger partial charge in [0.05, 0.1) is 12.0 Å². The molecule has 0 saturated carbocycles. The summed E-state index contributed by atoms with van der Waals surface area (Å²) in [6.07, 6.45) is 2.67. The van der Waals surface area contributed by atoms with Crippen LogP contribution in [0.3, 0.4) is 0 Å². The Morgan fingerprint density at radius 3 is 2.36 bits per heavy atom. The van der Waals surface area contributed by atoms with Crippen LogP contribution in [0.5, 0.6) is 5.75 Å². The second kappa shape index (κ2) is 12.6. The third kappa shape index (κ3) is 6.66. The molecule has 0 aliphatic rings. The Hall–Kier alpha value is -4.14. The van der Waals surface area contributed by atoms with Gasteiger partial charge in [-0.2, -0.15) is 4.31 Å². The maximum atomic E-state index is 13.6. The predicted molar refractivity (Wildman–Crippen MR) is 152 cm³/mol. The van der Waals surface area contributed by atoms with Crippen LogP contribution in [0.4, 0.5) is 4.79 Å². The minimum absolute atomic E-state index is 0.0460. The van der Waals surface area contributed by atoms with Gasteiger partial charge in [0.1, 0.15) is 12.4 Å². The Kier molecular flexibility index (Phi) is 9.01. The zero-order valence-electron chi connectivity index (χ0n) is 21.9. The molecule has 0 atom stereocenters. The Morgan fingerprint density at radius 1 is 0.949 bits per heavy atom. The molecule has 1 N–H and O–H groups in total. The van der Waals surface area contributed by atoms with E-state index in [4.69, 9.17) is 4.74 Å². The van der Waals surface area contributed by atoms with Crippen molar-refractivity contribution in [1.82, 2.24) is 4.31 Å². The summed E-state index contributed by atoms with van der Waals surface area (Å²) in [6.45, 7) is 2.02. The zero-order chi connectivity index (χ0) is 27.8. The quantitative estimate of drug-likeness (QED) is 0.191. The molecule has 0 bridgehead atoms. The van der Waals surface area contributed by atoms with Crippen LogP contribution >= 0.6 is 0 Å². The molecule has 7 nitrogen and oxygen atoms in total. The number of carbonyl (C=O) groups is 1. The highest BCUT2D eigenvalue weighted by Crippen LogP contribution is 2.38. The molecule has 0 fully saturated rings. The number of hydrogen-bond acceptors (Lipinski definition) is 6. The Balaban J connectivity index is 1.67. The summed E-state index contributed by atoms with van der Waals surface area (Å²) in [5, 5.41) is 13.2. The molecule has 4 rings (SSSR count). The van der Waals surface area contributed by atoms with Gasteiger partial charge in [0.15, 0.2) is 0 Å². The van der Waals surface area contributed by atoms with Gasteiger partial charge < -0.3 is 14.6 Å². The fourth-order valence-corrected chi connectivity index (χ4v) is 5.74. The van der Waals surface area contributed by atoms with Crippen LogP contribution in [0, 0.1) is 6.92 Å². The van der Waals surface area contributed by atoms with Crippen molar-refractivity contribution in [2.75, 3.05) is 26.8 Å². The van der Waals surface area contributed by atoms with E-state index in [0.29, 0.717) is 11.1 Å². The summed E-state index contributed by atoms with van der Waals surface area (Å²) in [7, 11) is -2.64. The van der Waals surface area contributed by atoms with Gasteiger partial charge in [0, 0.05) is 24.2 Å². The standard InChI is InChI=1S/C31H31NO6S/c1-23-14-16-26(17-15-23)39(35,36)32(19-8-9-21-38-31(34)37-2)20-18-28-27-13-7-6-12-25(27)22-29(30(28)33)24-10-4-3-5-11-24/h3-17,22,33H,18-21H2,1-2H3/b9-8+. The van der Waals surface area contributed by atoms with Crippen molar-refractivity contribution in [3.63, 3.8) is 0 Å². The minimum atomic E-state index is -3.86. The molecule has 0 spiro atoms. The van der Waals surface area contributed by atoms with Crippen molar-refractivity contribution >= 4 is 27.0 Å². The summed E-state index contributed by atoms with van der Waals surface area (Å²) >= 11 is 0. The molecule has 202 valence electrons. The highest BCUT2D eigenvalue weighted by Gasteiger charge is 2.24. The van der Waals surface area contributed by atoms with Gasteiger partial charge in [-0.1, -0.05) is 78.4 Å². The first-order chi connectivity index (χ1) is 18.8. The molecule has 0 amide bonds. The monoisotopic (exact) mass is 545 g/mol. The molecular weight excluding hydrogens is 514 g/mol. The number of aromatic hydroxyl groups is 1. The van der Waals surface area contributed by atoms with Crippen molar-refractivity contribution in [3.05, 3.63) is 108 Å². The van der Waals surface area contributed by atoms with Crippen LogP contribution in [0.25, 0.3) is 21.9 Å². The molecule has 0 radical (unpaired) electrons. The van der Waals surface area contributed by atoms with E-state index in [-0.39, 0.29) is 36.8 Å². The molecule has 0 unspecified atom stereocenters. The fraction of sp³-hybridized carbons (Fsp3) is 0.194. The number of benzene rings is 4. The van der Waals surface area contributed by atoms with Gasteiger partial charge in [0.25, 0.3) is 0 Å². The Bertz CT molecular complexity index is 1560. The average molecular weight is 546 g/mol. The molecule has 0 saturated heterocycles. The number of phenols is 1. The SMILES string of the molecule is COC(=O)OC/C=C/CN(CCc1c(O)c(-c2ccccc2)cc2ccccc12)S(=O)(=O)c1ccc(C)cc1. The van der Waals surface area contributed by atoms with Crippen molar-refractivity contribution in [1.29, 1.82) is 0 Å². The number of carbonyl (C=O) groups excluding carboxylic acids is 1. The van der Waals surface area contributed by atoms with Crippen LogP contribution in [0.2, 0.25) is 0 Å². The van der Waals surface area contributed by atoms with Crippen LogP contribution < -0.4 is 0 Å². The summed E-state index contributed by atoms with van der Waals surface area (Å²) < 4.78 is 38.0. The van der Waals surface area contributed by atoms with Gasteiger partial charge in [-0.15, -0.1) is 0 Å². The lowest BCUT2D eigenvalue weighted by Gasteiger charge is -2.22. The highest BCUT2D eigenvalue weighted by atomic mass is 32.2. The number of hydrogen-bond donors (Lipinski definition) is 1. The van der Waals surface area contributed by atoms with Crippen molar-refractivity contribution in [2.24, 2.45) is 0 Å². The second-order valence-electron chi connectivity index (χ2n) is 9.00. The van der Waals surface area contributed by atoms with E-state index in [0.717, 1.165) is 21.9 Å². The van der Waals surface area contributed by atoms with Crippen LogP contribution in [0.1, 0.15) is 11.1 Å². The van der Waals surface area contributed by atoms with E-state index in [9.17, 15) is 18.3 Å². The average Bonchev–Trinajstić information content (AvgIpc) is 2.95. The van der Waals surface area contributed by atoms with Crippen LogP contribution in [-0.4, -0.2) is 50.8 Å². The first-order valence-electron chi connectivity index (χ1n) is 12.5. The molecule has 0 heterocycles. The smallest absolute Gasteiger partial charge is 0.507 e. The van der Waals surface area contributed by atoms with Gasteiger partial charge in [-0.25, -0.2) is 13.2 Å². The maximum absolute atomic E-state index is 13.6. The van der Waals surface area contributed by atoms with Crippen LogP contribution in [0.15, 0.2) is 102 Å². The predicted octanol–water partition coefficient (Wildman–Crippen LogP) is 6.09. The molecular formula is C31H31NO6S. The second-order valence-corrected chi connectivity index (χ2v) is 10.9. The summed E-state index contributed by atoms with van der Waals surface area (Å²) in [6, 6.07) is 26.0. The minimum Gasteiger partial charge on any atom is -0.507 e. The summed E-state index contributed by atoms with van der Waals surface area (Å²) in [5.41, 5.74) is 3.19. The van der Waals surface area contributed by atoms with Gasteiger partial charge in [0.2, 0.25) is 10.0 Å². The molecule has 0 aliphatic heterocycles. The van der Waals surface area contributed by atoms with Crippen molar-refractivity contribution < 1.29 is 27.8 Å². The number of sulfonamides is 1. The molecule has 8 heteroatoms. The highest BCUT2D eigenvalue weighted by molar-refractivity contribution is 7.89. The molecule has 0 aliphatic carbocycles. The lowest BCUT2D eigenvalue weighted by Crippen LogP contribution is -2.33. The van der Waals surface area contributed by atoms with E-state index in [1.807, 2.05) is 67.6 Å². The number of fused-ring (bicyclic) bond motifs is 1. The molecule has 39 heavy (non-hydrogen) atoms. The summed E-state index contributed by atoms with van der Waals surface area (Å²) in [5.74, 6) is 0.134. The number of phenolic OH excluding ortho intramolecular Hbond substituents is 1. The molecule has 0 aromatic heterocycles. The van der Waals surface area contributed by atoms with Crippen molar-refractivity contribution in [2.45, 2.75) is 18.2 Å².